The maximum absolute atomic E-state index is 14.2. The highest BCUT2D eigenvalue weighted by molar-refractivity contribution is 5.66. The average molecular weight is 392 g/mol. The number of piperidine rings is 1. The number of pyridine rings is 1. The van der Waals surface area contributed by atoms with Crippen LogP contribution >= 0.6 is 0 Å². The van der Waals surface area contributed by atoms with Crippen LogP contribution < -0.4 is 9.64 Å². The Morgan fingerprint density at radius 2 is 1.89 bits per heavy atom. The van der Waals surface area contributed by atoms with Crippen molar-refractivity contribution in [3.8, 4) is 11.5 Å². The van der Waals surface area contributed by atoms with Gasteiger partial charge in [0.15, 0.2) is 17.3 Å². The molecular weight excluding hydrogens is 377 g/mol. The molecule has 0 aliphatic carbocycles. The van der Waals surface area contributed by atoms with Gasteiger partial charge in [-0.25, -0.2) is 17.7 Å². The lowest BCUT2D eigenvalue weighted by atomic mass is 10.1. The van der Waals surface area contributed by atoms with E-state index >= 15 is 0 Å². The summed E-state index contributed by atoms with van der Waals surface area (Å²) in [6.07, 6.45) is 2.72. The van der Waals surface area contributed by atoms with E-state index in [2.05, 4.69) is 5.10 Å². The van der Waals surface area contributed by atoms with Crippen LogP contribution in [0.4, 0.5) is 24.5 Å². The maximum atomic E-state index is 14.2. The van der Waals surface area contributed by atoms with Crippen LogP contribution in [0.15, 0.2) is 42.7 Å². The lowest BCUT2D eigenvalue weighted by Gasteiger charge is -2.33. The van der Waals surface area contributed by atoms with Gasteiger partial charge in [0.25, 0.3) is 11.6 Å². The summed E-state index contributed by atoms with van der Waals surface area (Å²) in [4.78, 5) is 11.8. The quantitative estimate of drug-likeness (QED) is 0.486. The Bertz CT molecular complexity index is 1040. The minimum Gasteiger partial charge on any atom is -0.452 e. The van der Waals surface area contributed by atoms with Crippen molar-refractivity contribution in [2.75, 3.05) is 18.0 Å². The average Bonchev–Trinajstić information content (AvgIpc) is 3.12. The molecule has 0 saturated carbocycles. The maximum Gasteiger partial charge on any atom is 0.272 e. The minimum absolute atomic E-state index is 0.172. The predicted octanol–water partition coefficient (Wildman–Crippen LogP) is 4.41. The third-order valence-corrected chi connectivity index (χ3v) is 4.66. The molecule has 1 aromatic carbocycles. The molecule has 0 N–H and O–H groups in total. The van der Waals surface area contributed by atoms with Gasteiger partial charge in [-0.05, 0) is 12.1 Å². The first-order chi connectivity index (χ1) is 13.3. The molecule has 0 atom stereocenters. The number of nitro groups is 1. The number of ether oxygens (including phenoxy) is 1. The fraction of sp³-hybridized carbons (Fsp3) is 0.278. The number of rotatable bonds is 4. The van der Waals surface area contributed by atoms with Crippen molar-refractivity contribution in [1.29, 1.82) is 0 Å². The van der Waals surface area contributed by atoms with Crippen molar-refractivity contribution in [2.45, 2.75) is 18.8 Å². The number of benzene rings is 1. The monoisotopic (exact) mass is 392 g/mol. The highest BCUT2D eigenvalue weighted by Gasteiger charge is 2.34. The first-order valence-corrected chi connectivity index (χ1v) is 8.54. The van der Waals surface area contributed by atoms with E-state index in [0.29, 0.717) is 11.2 Å². The second kappa shape index (κ2) is 6.70. The van der Waals surface area contributed by atoms with Crippen LogP contribution in [0.3, 0.4) is 0 Å². The fourth-order valence-electron chi connectivity index (χ4n) is 3.13. The number of aromatic nitrogens is 2. The summed E-state index contributed by atoms with van der Waals surface area (Å²) < 4.78 is 48.3. The fourth-order valence-corrected chi connectivity index (χ4v) is 3.13. The van der Waals surface area contributed by atoms with Gasteiger partial charge in [0.2, 0.25) is 0 Å². The predicted molar refractivity (Wildman–Crippen MR) is 94.7 cm³/mol. The molecule has 3 heterocycles. The lowest BCUT2D eigenvalue weighted by molar-refractivity contribution is -0.385. The van der Waals surface area contributed by atoms with Gasteiger partial charge in [0.1, 0.15) is 5.52 Å². The van der Waals surface area contributed by atoms with Crippen LogP contribution in [0.25, 0.3) is 5.52 Å². The second-order valence-corrected chi connectivity index (χ2v) is 6.54. The van der Waals surface area contributed by atoms with E-state index in [-0.39, 0.29) is 43.1 Å². The van der Waals surface area contributed by atoms with Gasteiger partial charge in [-0.2, -0.15) is 5.10 Å². The van der Waals surface area contributed by atoms with Crippen molar-refractivity contribution in [3.05, 3.63) is 58.7 Å². The zero-order chi connectivity index (χ0) is 19.9. The smallest absolute Gasteiger partial charge is 0.272 e. The Morgan fingerprint density at radius 3 is 2.57 bits per heavy atom. The van der Waals surface area contributed by atoms with E-state index in [1.807, 2.05) is 0 Å². The molecule has 146 valence electrons. The van der Waals surface area contributed by atoms with Crippen LogP contribution in [0.1, 0.15) is 12.8 Å². The van der Waals surface area contributed by atoms with Gasteiger partial charge >= 0.3 is 0 Å². The number of alkyl halides is 2. The molecule has 0 spiro atoms. The molecule has 4 rings (SSSR count). The molecule has 0 unspecified atom stereocenters. The van der Waals surface area contributed by atoms with Gasteiger partial charge in [0, 0.05) is 38.1 Å². The third kappa shape index (κ3) is 3.45. The molecule has 1 aliphatic heterocycles. The highest BCUT2D eigenvalue weighted by Crippen LogP contribution is 2.35. The second-order valence-electron chi connectivity index (χ2n) is 6.54. The van der Waals surface area contributed by atoms with Crippen LogP contribution in [-0.2, 0) is 0 Å². The molecule has 1 aliphatic rings. The first-order valence-electron chi connectivity index (χ1n) is 8.54. The Hall–Kier alpha value is -3.30. The van der Waals surface area contributed by atoms with Crippen LogP contribution in [0.2, 0.25) is 0 Å². The Morgan fingerprint density at radius 1 is 1.14 bits per heavy atom. The SMILES string of the molecule is O=[N+]([O-])c1ccc(Oc2cc(N3CCC(F)(F)CC3)cn3nccc23)c(F)c1. The molecular formula is C18H15F3N4O3. The summed E-state index contributed by atoms with van der Waals surface area (Å²) in [6, 6.07) is 6.38. The summed E-state index contributed by atoms with van der Waals surface area (Å²) in [6.45, 7) is 0.343. The van der Waals surface area contributed by atoms with Gasteiger partial charge in [0.05, 0.1) is 29.1 Å². The minimum atomic E-state index is -2.67. The summed E-state index contributed by atoms with van der Waals surface area (Å²) in [5, 5.41) is 14.9. The molecule has 2 aromatic heterocycles. The first kappa shape index (κ1) is 18.1. The summed E-state index contributed by atoms with van der Waals surface area (Å²) >= 11 is 0. The topological polar surface area (TPSA) is 72.9 Å². The number of fused-ring (bicyclic) bond motifs is 1. The van der Waals surface area contributed by atoms with E-state index in [0.717, 1.165) is 12.1 Å². The van der Waals surface area contributed by atoms with Gasteiger partial charge in [-0.3, -0.25) is 10.1 Å². The van der Waals surface area contributed by atoms with E-state index in [1.54, 1.807) is 23.2 Å². The van der Waals surface area contributed by atoms with Gasteiger partial charge < -0.3 is 9.64 Å². The zero-order valence-corrected chi connectivity index (χ0v) is 14.5. The number of hydrogen-bond donors (Lipinski definition) is 0. The van der Waals surface area contributed by atoms with Gasteiger partial charge in [-0.15, -0.1) is 0 Å². The zero-order valence-electron chi connectivity index (χ0n) is 14.5. The number of anilines is 1. The van der Waals surface area contributed by atoms with Crippen molar-refractivity contribution in [1.82, 2.24) is 9.61 Å². The molecule has 3 aromatic rings. The Labute approximate surface area is 157 Å². The summed E-state index contributed by atoms with van der Waals surface area (Å²) in [5.41, 5.74) is 0.773. The Kier molecular flexibility index (Phi) is 4.33. The molecule has 1 saturated heterocycles. The number of halogens is 3. The van der Waals surface area contributed by atoms with Crippen molar-refractivity contribution < 1.29 is 22.8 Å². The van der Waals surface area contributed by atoms with E-state index < -0.39 is 16.7 Å². The standard InChI is InChI=1S/C18H15F3N4O3/c19-14-9-12(25(26)27)1-2-16(14)28-17-10-13(11-24-15(17)3-6-22-24)23-7-4-18(20,21)5-8-23/h1-3,6,9-11H,4-5,7-8H2. The molecule has 0 amide bonds. The molecule has 0 bridgehead atoms. The van der Waals surface area contributed by atoms with Crippen molar-refractivity contribution >= 4 is 16.9 Å². The number of nitro benzene ring substituents is 1. The van der Waals surface area contributed by atoms with Gasteiger partial charge in [-0.1, -0.05) is 0 Å². The largest absolute Gasteiger partial charge is 0.452 e. The number of non-ortho nitro benzene ring substituents is 1. The van der Waals surface area contributed by atoms with Crippen molar-refractivity contribution in [2.24, 2.45) is 0 Å². The molecule has 7 nitrogen and oxygen atoms in total. The normalized spacial score (nSPS) is 16.3. The van der Waals surface area contributed by atoms with E-state index in [9.17, 15) is 23.3 Å². The van der Waals surface area contributed by atoms with Crippen LogP contribution in [-0.4, -0.2) is 33.5 Å². The highest BCUT2D eigenvalue weighted by atomic mass is 19.3. The van der Waals surface area contributed by atoms with Crippen LogP contribution in [0, 0.1) is 15.9 Å². The van der Waals surface area contributed by atoms with E-state index in [4.69, 9.17) is 4.74 Å². The number of nitrogens with zero attached hydrogens (tertiary/aromatic N) is 4. The Balaban J connectivity index is 1.67. The molecule has 10 heteroatoms. The van der Waals surface area contributed by atoms with E-state index in [1.165, 1.54) is 16.8 Å². The number of hydrogen-bond acceptors (Lipinski definition) is 5. The molecule has 28 heavy (non-hydrogen) atoms. The molecule has 1 fully saturated rings. The molecule has 0 radical (unpaired) electrons. The summed E-state index contributed by atoms with van der Waals surface area (Å²) in [7, 11) is 0. The van der Waals surface area contributed by atoms with Crippen LogP contribution in [0.5, 0.6) is 11.5 Å². The summed E-state index contributed by atoms with van der Waals surface area (Å²) in [5.74, 6) is -3.47. The lowest BCUT2D eigenvalue weighted by Crippen LogP contribution is -2.39. The third-order valence-electron chi connectivity index (χ3n) is 4.66. The van der Waals surface area contributed by atoms with Crippen molar-refractivity contribution in [3.63, 3.8) is 0 Å².